The molecule has 222 valence electrons. The fourth-order valence-corrected chi connectivity index (χ4v) is 7.45. The molecule has 0 radical (unpaired) electrons. The molecule has 2 atom stereocenters. The van der Waals surface area contributed by atoms with Crippen molar-refractivity contribution in [1.82, 2.24) is 14.9 Å². The second kappa shape index (κ2) is 9.63. The summed E-state index contributed by atoms with van der Waals surface area (Å²) in [5.74, 6) is -1.90. The number of anilines is 2. The molecule has 4 aromatic rings. The normalized spacial score (nSPS) is 20.2. The maximum atomic E-state index is 16.6. The Labute approximate surface area is 245 Å². The molecule has 43 heavy (non-hydrogen) atoms. The minimum Gasteiger partial charge on any atom is -0.467 e. The predicted octanol–water partition coefficient (Wildman–Crippen LogP) is 5.86. The number of nitrogen functional groups attached to an aromatic ring is 1. The molecule has 2 bridgehead atoms. The lowest BCUT2D eigenvalue weighted by atomic mass is 9.92. The third-order valence-electron chi connectivity index (χ3n) is 8.54. The molecule has 1 saturated carbocycles. The summed E-state index contributed by atoms with van der Waals surface area (Å²) in [6.07, 6.45) is -1.83. The molecular weight excluding hydrogens is 591 g/mol. The molecule has 0 spiro atoms. The minimum absolute atomic E-state index is 0.0366. The highest BCUT2D eigenvalue weighted by Gasteiger charge is 2.47. The van der Waals surface area contributed by atoms with E-state index >= 15 is 4.39 Å². The van der Waals surface area contributed by atoms with Crippen LogP contribution in [0.25, 0.3) is 32.1 Å². The smallest absolute Gasteiger partial charge is 0.417 e. The van der Waals surface area contributed by atoms with Gasteiger partial charge in [0.1, 0.15) is 28.2 Å². The van der Waals surface area contributed by atoms with Crippen molar-refractivity contribution in [2.75, 3.05) is 30.8 Å². The zero-order valence-electron chi connectivity index (χ0n) is 22.6. The van der Waals surface area contributed by atoms with Gasteiger partial charge in [-0.3, -0.25) is 4.79 Å². The van der Waals surface area contributed by atoms with Crippen LogP contribution in [0.4, 0.5) is 32.8 Å². The predicted molar refractivity (Wildman–Crippen MR) is 150 cm³/mol. The molecule has 1 aliphatic carbocycles. The Morgan fingerprint density at radius 2 is 1.84 bits per heavy atom. The molecule has 8 nitrogen and oxygen atoms in total. The Bertz CT molecular complexity index is 1870. The highest BCUT2D eigenvalue weighted by molar-refractivity contribution is 7.23. The van der Waals surface area contributed by atoms with Gasteiger partial charge in [-0.25, -0.2) is 8.78 Å². The van der Waals surface area contributed by atoms with Crippen LogP contribution in [-0.4, -0.2) is 53.1 Å². The van der Waals surface area contributed by atoms with Gasteiger partial charge in [-0.2, -0.15) is 28.4 Å². The summed E-state index contributed by atoms with van der Waals surface area (Å²) in [5, 5.41) is 9.21. The van der Waals surface area contributed by atoms with E-state index < -0.39 is 34.5 Å². The fraction of sp³-hybridized carbons (Fsp3) is 0.379. The number of aromatic nitrogens is 2. The summed E-state index contributed by atoms with van der Waals surface area (Å²) < 4.78 is 80.6. The Hall–Kier alpha value is -4.25. The molecule has 3 aliphatic rings. The lowest BCUT2D eigenvalue weighted by Gasteiger charge is -2.42. The van der Waals surface area contributed by atoms with E-state index in [2.05, 4.69) is 9.97 Å². The number of piperazine rings is 1. The van der Waals surface area contributed by atoms with Gasteiger partial charge in [0, 0.05) is 47.4 Å². The van der Waals surface area contributed by atoms with E-state index in [0.717, 1.165) is 43.9 Å². The van der Waals surface area contributed by atoms with Gasteiger partial charge in [0.15, 0.2) is 5.82 Å². The van der Waals surface area contributed by atoms with Crippen LogP contribution in [0.15, 0.2) is 18.2 Å². The standard InChI is InChI=1S/C29H23F5N6O2S/c1-42-28-37-23-16(26(38-28)39-10-13-4-5-14(11-39)40(13)27(41)12-2-3-12)8-18(29(32,33)34)21(22(23)31)15-6-7-19(30)24-20(15)17(9-35)25(36)43-24/h6-8,12-14H,2-5,10-11,36H2,1H3. The number of ether oxygens (including phenoxy) is 1. The number of carbonyl (C=O) groups excluding carboxylic acids is 1. The van der Waals surface area contributed by atoms with Crippen LogP contribution in [0, 0.1) is 28.9 Å². The summed E-state index contributed by atoms with van der Waals surface area (Å²) in [7, 11) is 1.26. The van der Waals surface area contributed by atoms with Gasteiger partial charge in [-0.05, 0) is 43.4 Å². The summed E-state index contributed by atoms with van der Waals surface area (Å²) >= 11 is 0.699. The van der Waals surface area contributed by atoms with Gasteiger partial charge in [0.2, 0.25) is 5.91 Å². The Balaban J connectivity index is 1.45. The van der Waals surface area contributed by atoms with Gasteiger partial charge in [0.25, 0.3) is 0 Å². The van der Waals surface area contributed by atoms with E-state index in [9.17, 15) is 27.6 Å². The number of benzene rings is 2. The maximum Gasteiger partial charge on any atom is 0.417 e. The Kier molecular flexibility index (Phi) is 6.18. The van der Waals surface area contributed by atoms with Crippen LogP contribution in [0.5, 0.6) is 6.01 Å². The van der Waals surface area contributed by atoms with Crippen LogP contribution in [0.3, 0.4) is 0 Å². The number of nitrogens with two attached hydrogens (primary N) is 1. The highest BCUT2D eigenvalue weighted by atomic mass is 32.1. The number of thiophene rings is 1. The number of methoxy groups -OCH3 is 1. The summed E-state index contributed by atoms with van der Waals surface area (Å²) in [5.41, 5.74) is 2.68. The number of hydrogen-bond donors (Lipinski definition) is 1. The first kappa shape index (κ1) is 27.6. The SMILES string of the molecule is COc1nc(N2CC3CCC(C2)N3C(=O)C2CC2)c2cc(C(F)(F)F)c(-c3ccc(F)c4sc(N)c(C#N)c34)c(F)c2n1. The summed E-state index contributed by atoms with van der Waals surface area (Å²) in [4.78, 5) is 25.1. The van der Waals surface area contributed by atoms with Crippen LogP contribution < -0.4 is 15.4 Å². The van der Waals surface area contributed by atoms with E-state index in [-0.39, 0.29) is 67.3 Å². The molecule has 3 fully saturated rings. The van der Waals surface area contributed by atoms with Crippen LogP contribution in [0.2, 0.25) is 0 Å². The largest absolute Gasteiger partial charge is 0.467 e. The van der Waals surface area contributed by atoms with E-state index in [1.165, 1.54) is 7.11 Å². The van der Waals surface area contributed by atoms with Gasteiger partial charge in [-0.15, -0.1) is 11.3 Å². The number of nitriles is 1. The summed E-state index contributed by atoms with van der Waals surface area (Å²) in [6.45, 7) is 0.625. The molecule has 2 aromatic carbocycles. The number of nitrogens with zero attached hydrogens (tertiary/aromatic N) is 5. The van der Waals surface area contributed by atoms with Crippen molar-refractivity contribution in [2.45, 2.75) is 43.9 Å². The number of rotatable bonds is 4. The van der Waals surface area contributed by atoms with Crippen molar-refractivity contribution in [3.63, 3.8) is 0 Å². The first-order valence-electron chi connectivity index (χ1n) is 13.6. The maximum absolute atomic E-state index is 16.6. The Morgan fingerprint density at radius 1 is 1.14 bits per heavy atom. The van der Waals surface area contributed by atoms with Crippen molar-refractivity contribution < 1.29 is 31.5 Å². The molecule has 4 heterocycles. The molecule has 2 N–H and O–H groups in total. The average Bonchev–Trinajstić information content (AvgIpc) is 3.72. The number of amides is 1. The van der Waals surface area contributed by atoms with Gasteiger partial charge < -0.3 is 20.3 Å². The van der Waals surface area contributed by atoms with Crippen molar-refractivity contribution in [3.8, 4) is 23.2 Å². The molecular formula is C29H23F5N6O2S. The lowest BCUT2D eigenvalue weighted by molar-refractivity contribution is -0.137. The minimum atomic E-state index is -5.05. The Morgan fingerprint density at radius 3 is 2.44 bits per heavy atom. The van der Waals surface area contributed by atoms with Gasteiger partial charge in [0.05, 0.1) is 22.9 Å². The van der Waals surface area contributed by atoms with Crippen molar-refractivity contribution in [1.29, 1.82) is 5.26 Å². The summed E-state index contributed by atoms with van der Waals surface area (Å²) in [6, 6.07) is 4.00. The highest BCUT2D eigenvalue weighted by Crippen LogP contribution is 2.48. The topological polar surface area (TPSA) is 108 Å². The molecule has 2 saturated heterocycles. The zero-order chi connectivity index (χ0) is 30.4. The monoisotopic (exact) mass is 614 g/mol. The fourth-order valence-electron chi connectivity index (χ4n) is 6.50. The van der Waals surface area contributed by atoms with Gasteiger partial charge >= 0.3 is 12.2 Å². The van der Waals surface area contributed by atoms with E-state index in [4.69, 9.17) is 10.5 Å². The molecule has 2 unspecified atom stereocenters. The number of halogens is 5. The van der Waals surface area contributed by atoms with Crippen LogP contribution >= 0.6 is 11.3 Å². The zero-order valence-corrected chi connectivity index (χ0v) is 23.5. The first-order chi connectivity index (χ1) is 20.5. The second-order valence-electron chi connectivity index (χ2n) is 11.1. The first-order valence-corrected chi connectivity index (χ1v) is 14.5. The number of fused-ring (bicyclic) bond motifs is 4. The van der Waals surface area contributed by atoms with Crippen molar-refractivity contribution in [3.05, 3.63) is 41.0 Å². The molecule has 2 aromatic heterocycles. The quantitative estimate of drug-likeness (QED) is 0.287. The van der Waals surface area contributed by atoms with Crippen LogP contribution in [-0.2, 0) is 11.0 Å². The lowest BCUT2D eigenvalue weighted by Crippen LogP contribution is -2.56. The van der Waals surface area contributed by atoms with Crippen LogP contribution in [0.1, 0.15) is 36.8 Å². The number of carbonyl (C=O) groups is 1. The van der Waals surface area contributed by atoms with Crippen molar-refractivity contribution >= 4 is 49.1 Å². The number of alkyl halides is 3. The molecule has 7 rings (SSSR count). The van der Waals surface area contributed by atoms with Crippen molar-refractivity contribution in [2.24, 2.45) is 5.92 Å². The molecule has 2 aliphatic heterocycles. The number of hydrogen-bond acceptors (Lipinski definition) is 8. The third-order valence-corrected chi connectivity index (χ3v) is 9.57. The molecule has 14 heteroatoms. The van der Waals surface area contributed by atoms with Gasteiger partial charge in [-0.1, -0.05) is 6.07 Å². The van der Waals surface area contributed by atoms with E-state index in [1.807, 2.05) is 11.0 Å². The second-order valence-corrected chi connectivity index (χ2v) is 12.2. The molecule has 1 amide bonds. The van der Waals surface area contributed by atoms with E-state index in [1.54, 1.807) is 4.90 Å². The average molecular weight is 615 g/mol. The van der Waals surface area contributed by atoms with E-state index in [0.29, 0.717) is 24.4 Å². The third kappa shape index (κ3) is 4.23.